The van der Waals surface area contributed by atoms with Gasteiger partial charge in [-0.2, -0.15) is 13.2 Å². The van der Waals surface area contributed by atoms with Crippen LogP contribution < -0.4 is 5.32 Å². The first-order valence-electron chi connectivity index (χ1n) is 5.63. The van der Waals surface area contributed by atoms with Crippen molar-refractivity contribution in [2.75, 3.05) is 7.05 Å². The quantitative estimate of drug-likeness (QED) is 0.648. The summed E-state index contributed by atoms with van der Waals surface area (Å²) in [7, 11) is 1.37. The Hall–Kier alpha value is -0.250. The van der Waals surface area contributed by atoms with Crippen molar-refractivity contribution in [1.29, 1.82) is 0 Å². The molecule has 0 rings (SSSR count). The third-order valence-corrected chi connectivity index (χ3v) is 2.96. The fourth-order valence-electron chi connectivity index (χ4n) is 1.49. The molecular formula is C11H22F3N. The molecule has 0 aliphatic rings. The third kappa shape index (κ3) is 4.87. The van der Waals surface area contributed by atoms with Crippen LogP contribution in [0.1, 0.15) is 52.4 Å². The first-order chi connectivity index (χ1) is 6.87. The first kappa shape index (κ1) is 14.8. The van der Waals surface area contributed by atoms with Gasteiger partial charge in [-0.3, -0.25) is 0 Å². The maximum Gasteiger partial charge on any atom is 0.406 e. The van der Waals surface area contributed by atoms with E-state index in [0.29, 0.717) is 6.42 Å². The van der Waals surface area contributed by atoms with Crippen molar-refractivity contribution in [3.05, 3.63) is 0 Å². The van der Waals surface area contributed by atoms with Gasteiger partial charge in [0.15, 0.2) is 0 Å². The number of rotatable bonds is 7. The molecule has 0 heterocycles. The van der Waals surface area contributed by atoms with Crippen molar-refractivity contribution in [2.24, 2.45) is 0 Å². The van der Waals surface area contributed by atoms with Crippen molar-refractivity contribution in [1.82, 2.24) is 5.32 Å². The molecular weight excluding hydrogens is 203 g/mol. The number of alkyl halides is 3. The monoisotopic (exact) mass is 225 g/mol. The predicted molar refractivity (Wildman–Crippen MR) is 56.9 cm³/mol. The van der Waals surface area contributed by atoms with Crippen LogP contribution in [-0.4, -0.2) is 18.8 Å². The molecule has 0 aliphatic heterocycles. The van der Waals surface area contributed by atoms with Gasteiger partial charge >= 0.3 is 6.18 Å². The van der Waals surface area contributed by atoms with Gasteiger partial charge in [-0.1, -0.05) is 39.0 Å². The molecule has 0 bridgehead atoms. The average molecular weight is 225 g/mol. The van der Waals surface area contributed by atoms with Gasteiger partial charge in [0.25, 0.3) is 0 Å². The Morgan fingerprint density at radius 2 is 1.53 bits per heavy atom. The Kier molecular flexibility index (Phi) is 6.25. The van der Waals surface area contributed by atoms with Crippen LogP contribution >= 0.6 is 0 Å². The molecule has 0 spiro atoms. The Labute approximate surface area is 90.4 Å². The number of hydrogen-bond acceptors (Lipinski definition) is 1. The summed E-state index contributed by atoms with van der Waals surface area (Å²) in [4.78, 5) is 0. The molecule has 0 aromatic carbocycles. The van der Waals surface area contributed by atoms with E-state index in [1.165, 1.54) is 14.0 Å². The maximum atomic E-state index is 12.6. The predicted octanol–water partition coefficient (Wildman–Crippen LogP) is 3.89. The molecule has 1 atom stereocenters. The molecule has 0 aromatic rings. The van der Waals surface area contributed by atoms with Crippen LogP contribution in [0.5, 0.6) is 0 Å². The highest BCUT2D eigenvalue weighted by Crippen LogP contribution is 2.33. The zero-order valence-corrected chi connectivity index (χ0v) is 9.88. The van der Waals surface area contributed by atoms with Gasteiger partial charge in [0.05, 0.1) is 0 Å². The Morgan fingerprint density at radius 3 is 1.93 bits per heavy atom. The lowest BCUT2D eigenvalue weighted by atomic mass is 9.93. The highest BCUT2D eigenvalue weighted by atomic mass is 19.4. The summed E-state index contributed by atoms with van der Waals surface area (Å²) >= 11 is 0. The SMILES string of the molecule is CCCCCCCC(C)(NC)C(F)(F)F. The fraction of sp³-hybridized carbons (Fsp3) is 1.00. The lowest BCUT2D eigenvalue weighted by Gasteiger charge is -2.31. The van der Waals surface area contributed by atoms with Gasteiger partial charge in [-0.25, -0.2) is 0 Å². The van der Waals surface area contributed by atoms with Gasteiger partial charge in [0, 0.05) is 0 Å². The molecule has 1 nitrogen and oxygen atoms in total. The Morgan fingerprint density at radius 1 is 1.00 bits per heavy atom. The molecule has 15 heavy (non-hydrogen) atoms. The van der Waals surface area contributed by atoms with Gasteiger partial charge in [0.1, 0.15) is 5.54 Å². The van der Waals surface area contributed by atoms with Crippen molar-refractivity contribution in [2.45, 2.75) is 64.1 Å². The van der Waals surface area contributed by atoms with Gasteiger partial charge in [-0.15, -0.1) is 0 Å². The molecule has 1 unspecified atom stereocenters. The van der Waals surface area contributed by atoms with E-state index >= 15 is 0 Å². The van der Waals surface area contributed by atoms with Crippen LogP contribution in [0.15, 0.2) is 0 Å². The van der Waals surface area contributed by atoms with Gasteiger partial charge < -0.3 is 5.32 Å². The number of halogens is 3. The normalized spacial score (nSPS) is 16.4. The summed E-state index contributed by atoms with van der Waals surface area (Å²) in [5, 5.41) is 2.38. The van der Waals surface area contributed by atoms with E-state index < -0.39 is 11.7 Å². The van der Waals surface area contributed by atoms with Crippen LogP contribution in [0.25, 0.3) is 0 Å². The van der Waals surface area contributed by atoms with Crippen molar-refractivity contribution >= 4 is 0 Å². The minimum Gasteiger partial charge on any atom is -0.307 e. The molecule has 1 N–H and O–H groups in total. The highest BCUT2D eigenvalue weighted by molar-refractivity contribution is 4.89. The average Bonchev–Trinajstić information content (AvgIpc) is 2.15. The minimum absolute atomic E-state index is 0.163. The minimum atomic E-state index is -4.16. The number of hydrogen-bond donors (Lipinski definition) is 1. The van der Waals surface area contributed by atoms with E-state index in [0.717, 1.165) is 25.7 Å². The van der Waals surface area contributed by atoms with Gasteiger partial charge in [0.2, 0.25) is 0 Å². The highest BCUT2D eigenvalue weighted by Gasteiger charge is 2.49. The van der Waals surface area contributed by atoms with E-state index in [1.54, 1.807) is 0 Å². The smallest absolute Gasteiger partial charge is 0.307 e. The molecule has 0 fully saturated rings. The largest absolute Gasteiger partial charge is 0.406 e. The fourth-order valence-corrected chi connectivity index (χ4v) is 1.49. The lowest BCUT2D eigenvalue weighted by molar-refractivity contribution is -0.192. The van der Waals surface area contributed by atoms with E-state index in [2.05, 4.69) is 12.2 Å². The van der Waals surface area contributed by atoms with E-state index in [-0.39, 0.29) is 6.42 Å². The van der Waals surface area contributed by atoms with E-state index in [9.17, 15) is 13.2 Å². The van der Waals surface area contributed by atoms with Gasteiger partial charge in [-0.05, 0) is 20.4 Å². The summed E-state index contributed by atoms with van der Waals surface area (Å²) < 4.78 is 37.9. The summed E-state index contributed by atoms with van der Waals surface area (Å²) in [6, 6.07) is 0. The molecule has 0 radical (unpaired) electrons. The van der Waals surface area contributed by atoms with Crippen LogP contribution in [0.4, 0.5) is 13.2 Å². The molecule has 0 aliphatic carbocycles. The first-order valence-corrected chi connectivity index (χ1v) is 5.63. The zero-order chi connectivity index (χ0) is 11.9. The number of unbranched alkanes of at least 4 members (excludes halogenated alkanes) is 4. The van der Waals surface area contributed by atoms with Crippen LogP contribution in [0, 0.1) is 0 Å². The van der Waals surface area contributed by atoms with Crippen LogP contribution in [0.2, 0.25) is 0 Å². The molecule has 92 valence electrons. The second-order valence-corrected chi connectivity index (χ2v) is 4.24. The summed E-state index contributed by atoms with van der Waals surface area (Å²) in [5.74, 6) is 0. The number of nitrogens with one attached hydrogen (secondary N) is 1. The summed E-state index contributed by atoms with van der Waals surface area (Å²) in [5.41, 5.74) is -1.72. The molecule has 0 amide bonds. The second-order valence-electron chi connectivity index (χ2n) is 4.24. The van der Waals surface area contributed by atoms with E-state index in [4.69, 9.17) is 0 Å². The van der Waals surface area contributed by atoms with Crippen LogP contribution in [0.3, 0.4) is 0 Å². The second kappa shape index (κ2) is 6.36. The Bertz CT molecular complexity index is 168. The lowest BCUT2D eigenvalue weighted by Crippen LogP contribution is -2.52. The molecule has 0 saturated heterocycles. The molecule has 0 saturated carbocycles. The third-order valence-electron chi connectivity index (χ3n) is 2.96. The summed E-state index contributed by atoms with van der Waals surface area (Å²) in [6.07, 6.45) is 0.792. The standard InChI is InChI=1S/C11H22F3N/c1-4-5-6-7-8-9-10(2,15-3)11(12,13)14/h15H,4-9H2,1-3H3. The zero-order valence-electron chi connectivity index (χ0n) is 9.88. The van der Waals surface area contributed by atoms with Crippen molar-refractivity contribution in [3.63, 3.8) is 0 Å². The van der Waals surface area contributed by atoms with Crippen LogP contribution in [-0.2, 0) is 0 Å². The Balaban J connectivity index is 3.90. The summed E-state index contributed by atoms with van der Waals surface area (Å²) in [6.45, 7) is 3.32. The van der Waals surface area contributed by atoms with Crippen molar-refractivity contribution < 1.29 is 13.2 Å². The molecule has 0 aromatic heterocycles. The topological polar surface area (TPSA) is 12.0 Å². The molecule has 4 heteroatoms. The maximum absolute atomic E-state index is 12.6. The van der Waals surface area contributed by atoms with Crippen molar-refractivity contribution in [3.8, 4) is 0 Å². The van der Waals surface area contributed by atoms with E-state index in [1.807, 2.05) is 0 Å².